The van der Waals surface area contributed by atoms with Gasteiger partial charge in [0.05, 0.1) is 6.61 Å². The average Bonchev–Trinajstić information content (AvgIpc) is 2.24. The predicted molar refractivity (Wildman–Crippen MR) is 60.1 cm³/mol. The van der Waals surface area contributed by atoms with E-state index in [2.05, 4.69) is 0 Å². The lowest BCUT2D eigenvalue weighted by Crippen LogP contribution is -2.04. The topological polar surface area (TPSA) is 66.8 Å². The summed E-state index contributed by atoms with van der Waals surface area (Å²) in [6, 6.07) is 4.33. The molecule has 16 heavy (non-hydrogen) atoms. The highest BCUT2D eigenvalue weighted by molar-refractivity contribution is 5.93. The van der Waals surface area contributed by atoms with Crippen molar-refractivity contribution >= 4 is 12.0 Å². The van der Waals surface area contributed by atoms with E-state index in [1.807, 2.05) is 0 Å². The first kappa shape index (κ1) is 12.1. The summed E-state index contributed by atoms with van der Waals surface area (Å²) in [6.45, 7) is 3.68. The molecule has 4 nitrogen and oxygen atoms in total. The SMILES string of the molecule is CCOC(=O)/C(C)=C/c1ccc(O)c(O)c1. The Morgan fingerprint density at radius 3 is 2.62 bits per heavy atom. The molecule has 2 N–H and O–H groups in total. The quantitative estimate of drug-likeness (QED) is 0.466. The first-order valence-electron chi connectivity index (χ1n) is 4.92. The van der Waals surface area contributed by atoms with Gasteiger partial charge >= 0.3 is 5.97 Å². The van der Waals surface area contributed by atoms with Gasteiger partial charge in [0.1, 0.15) is 0 Å². The van der Waals surface area contributed by atoms with Gasteiger partial charge in [-0.05, 0) is 37.6 Å². The molecule has 0 heterocycles. The number of phenolic OH excluding ortho intramolecular Hbond substituents is 2. The van der Waals surface area contributed by atoms with Crippen molar-refractivity contribution in [1.82, 2.24) is 0 Å². The number of rotatable bonds is 3. The van der Waals surface area contributed by atoms with Gasteiger partial charge in [0.2, 0.25) is 0 Å². The van der Waals surface area contributed by atoms with E-state index in [-0.39, 0.29) is 11.5 Å². The van der Waals surface area contributed by atoms with Crippen molar-refractivity contribution in [3.63, 3.8) is 0 Å². The lowest BCUT2D eigenvalue weighted by molar-refractivity contribution is -0.138. The second kappa shape index (κ2) is 5.21. The fourth-order valence-corrected chi connectivity index (χ4v) is 1.18. The third kappa shape index (κ3) is 3.02. The molecule has 0 aliphatic carbocycles. The lowest BCUT2D eigenvalue weighted by Gasteiger charge is -2.02. The third-order valence-electron chi connectivity index (χ3n) is 1.98. The summed E-state index contributed by atoms with van der Waals surface area (Å²) in [6.07, 6.45) is 1.58. The molecule has 0 unspecified atom stereocenters. The molecule has 1 rings (SSSR count). The molecule has 4 heteroatoms. The van der Waals surface area contributed by atoms with Crippen molar-refractivity contribution in [3.8, 4) is 11.5 Å². The lowest BCUT2D eigenvalue weighted by atomic mass is 10.1. The van der Waals surface area contributed by atoms with Crippen molar-refractivity contribution in [2.75, 3.05) is 6.61 Å². The summed E-state index contributed by atoms with van der Waals surface area (Å²) in [7, 11) is 0. The van der Waals surface area contributed by atoms with E-state index in [0.29, 0.717) is 17.7 Å². The number of phenols is 2. The van der Waals surface area contributed by atoms with Crippen LogP contribution >= 0.6 is 0 Å². The molecular formula is C12H14O4. The number of esters is 1. The van der Waals surface area contributed by atoms with Crippen molar-refractivity contribution in [2.45, 2.75) is 13.8 Å². The summed E-state index contributed by atoms with van der Waals surface area (Å²) < 4.78 is 4.81. The van der Waals surface area contributed by atoms with Gasteiger partial charge in [-0.2, -0.15) is 0 Å². The zero-order valence-electron chi connectivity index (χ0n) is 9.23. The van der Waals surface area contributed by atoms with Crippen LogP contribution in [-0.2, 0) is 9.53 Å². The Hall–Kier alpha value is -1.97. The van der Waals surface area contributed by atoms with Crippen LogP contribution in [0.3, 0.4) is 0 Å². The van der Waals surface area contributed by atoms with Gasteiger partial charge in [-0.25, -0.2) is 4.79 Å². The molecule has 0 bridgehead atoms. The Bertz CT molecular complexity index is 421. The first-order chi connectivity index (χ1) is 7.54. The summed E-state index contributed by atoms with van der Waals surface area (Å²) in [4.78, 5) is 11.3. The van der Waals surface area contributed by atoms with E-state index in [1.54, 1.807) is 26.0 Å². The predicted octanol–water partition coefficient (Wildman–Crippen LogP) is 2.06. The third-order valence-corrected chi connectivity index (χ3v) is 1.98. The Kier molecular flexibility index (Phi) is 3.94. The summed E-state index contributed by atoms with van der Waals surface area (Å²) >= 11 is 0. The molecule has 0 aliphatic heterocycles. The van der Waals surface area contributed by atoms with Crippen LogP contribution in [0.2, 0.25) is 0 Å². The summed E-state index contributed by atoms with van der Waals surface area (Å²) in [5.74, 6) is -0.800. The standard InChI is InChI=1S/C12H14O4/c1-3-16-12(15)8(2)6-9-4-5-10(13)11(14)7-9/h4-7,13-14H,3H2,1-2H3/b8-6+. The van der Waals surface area contributed by atoms with Crippen LogP contribution in [0.25, 0.3) is 6.08 Å². The van der Waals surface area contributed by atoms with E-state index in [9.17, 15) is 9.90 Å². The highest BCUT2D eigenvalue weighted by atomic mass is 16.5. The second-order valence-electron chi connectivity index (χ2n) is 3.30. The van der Waals surface area contributed by atoms with Gasteiger partial charge < -0.3 is 14.9 Å². The van der Waals surface area contributed by atoms with Gasteiger partial charge in [-0.1, -0.05) is 6.07 Å². The number of hydrogen-bond acceptors (Lipinski definition) is 4. The van der Waals surface area contributed by atoms with Crippen LogP contribution in [-0.4, -0.2) is 22.8 Å². The van der Waals surface area contributed by atoms with Gasteiger partial charge in [-0.15, -0.1) is 0 Å². The maximum atomic E-state index is 11.3. The Labute approximate surface area is 93.8 Å². The Morgan fingerprint density at radius 2 is 2.06 bits per heavy atom. The molecule has 0 aliphatic rings. The molecule has 1 aromatic rings. The maximum absolute atomic E-state index is 11.3. The molecule has 0 aromatic heterocycles. The molecule has 0 amide bonds. The Morgan fingerprint density at radius 1 is 1.38 bits per heavy atom. The number of aromatic hydroxyl groups is 2. The molecule has 86 valence electrons. The largest absolute Gasteiger partial charge is 0.504 e. The first-order valence-corrected chi connectivity index (χ1v) is 4.92. The molecule has 0 spiro atoms. The van der Waals surface area contributed by atoms with Crippen LogP contribution in [0, 0.1) is 0 Å². The zero-order valence-corrected chi connectivity index (χ0v) is 9.23. The van der Waals surface area contributed by atoms with Crippen molar-refractivity contribution in [3.05, 3.63) is 29.3 Å². The van der Waals surface area contributed by atoms with Gasteiger partial charge in [0.15, 0.2) is 11.5 Å². The van der Waals surface area contributed by atoms with E-state index < -0.39 is 5.97 Å². The number of ether oxygens (including phenoxy) is 1. The van der Waals surface area contributed by atoms with Crippen LogP contribution in [0.1, 0.15) is 19.4 Å². The highest BCUT2D eigenvalue weighted by Crippen LogP contribution is 2.25. The van der Waals surface area contributed by atoms with Gasteiger partial charge in [-0.3, -0.25) is 0 Å². The normalized spacial score (nSPS) is 11.2. The van der Waals surface area contributed by atoms with Crippen molar-refractivity contribution < 1.29 is 19.7 Å². The number of hydrogen-bond donors (Lipinski definition) is 2. The monoisotopic (exact) mass is 222 g/mol. The second-order valence-corrected chi connectivity index (χ2v) is 3.30. The summed E-state index contributed by atoms with van der Waals surface area (Å²) in [5, 5.41) is 18.4. The van der Waals surface area contributed by atoms with Crippen LogP contribution in [0.15, 0.2) is 23.8 Å². The van der Waals surface area contributed by atoms with E-state index in [0.717, 1.165) is 0 Å². The van der Waals surface area contributed by atoms with Crippen LogP contribution < -0.4 is 0 Å². The minimum absolute atomic E-state index is 0.189. The highest BCUT2D eigenvalue weighted by Gasteiger charge is 2.05. The van der Waals surface area contributed by atoms with Gasteiger partial charge in [0.25, 0.3) is 0 Å². The molecule has 0 atom stereocenters. The molecule has 0 saturated heterocycles. The molecular weight excluding hydrogens is 208 g/mol. The van der Waals surface area contributed by atoms with Crippen molar-refractivity contribution in [2.24, 2.45) is 0 Å². The molecule has 0 radical (unpaired) electrons. The number of carbonyl (C=O) groups is 1. The Balaban J connectivity index is 2.89. The maximum Gasteiger partial charge on any atom is 0.333 e. The van der Waals surface area contributed by atoms with Crippen LogP contribution in [0.5, 0.6) is 11.5 Å². The number of carbonyl (C=O) groups excluding carboxylic acids is 1. The van der Waals surface area contributed by atoms with E-state index >= 15 is 0 Å². The molecule has 0 saturated carbocycles. The fraction of sp³-hybridized carbons (Fsp3) is 0.250. The molecule has 0 fully saturated rings. The zero-order chi connectivity index (χ0) is 12.1. The van der Waals surface area contributed by atoms with Crippen molar-refractivity contribution in [1.29, 1.82) is 0 Å². The number of benzene rings is 1. The van der Waals surface area contributed by atoms with E-state index in [1.165, 1.54) is 12.1 Å². The minimum atomic E-state index is -0.393. The van der Waals surface area contributed by atoms with Crippen LogP contribution in [0.4, 0.5) is 0 Å². The fourth-order valence-electron chi connectivity index (χ4n) is 1.18. The molecule has 1 aromatic carbocycles. The van der Waals surface area contributed by atoms with E-state index in [4.69, 9.17) is 9.84 Å². The average molecular weight is 222 g/mol. The minimum Gasteiger partial charge on any atom is -0.504 e. The summed E-state index contributed by atoms with van der Waals surface area (Å²) in [5.41, 5.74) is 1.06. The smallest absolute Gasteiger partial charge is 0.333 e. The van der Waals surface area contributed by atoms with Gasteiger partial charge in [0, 0.05) is 5.57 Å².